The molecule has 0 radical (unpaired) electrons. The standard InChI is InChI=1S/C21H33N5O2/c1-14-11-17(20(22)24-15(2)27)21(23-12-14)26-10-9-18(19(13-26)28-3)25-16-7-5-4-6-8-16/h11-12,16,18-19,25H,4-10,13H2,1-3H3,(H2,22,24,27)/t18-,19+/m1/s1. The monoisotopic (exact) mass is 387 g/mol. The van der Waals surface area contributed by atoms with Gasteiger partial charge in [0.25, 0.3) is 0 Å². The lowest BCUT2D eigenvalue weighted by Gasteiger charge is -2.41. The Morgan fingerprint density at radius 3 is 2.71 bits per heavy atom. The van der Waals surface area contributed by atoms with E-state index in [1.165, 1.54) is 39.0 Å². The molecule has 1 aromatic rings. The molecule has 1 amide bonds. The number of carbonyl (C=O) groups is 1. The predicted molar refractivity (Wildman–Crippen MR) is 111 cm³/mol. The number of aryl methyl sites for hydroxylation is 1. The van der Waals surface area contributed by atoms with Crippen LogP contribution in [0.25, 0.3) is 0 Å². The van der Waals surface area contributed by atoms with Crippen molar-refractivity contribution >= 4 is 17.6 Å². The first-order chi connectivity index (χ1) is 13.5. The van der Waals surface area contributed by atoms with Gasteiger partial charge in [-0.25, -0.2) is 4.98 Å². The number of amidine groups is 1. The molecule has 2 fully saturated rings. The third-order valence-corrected chi connectivity index (χ3v) is 5.79. The SMILES string of the molecule is CO[C@H]1CN(c2ncc(C)cc2C(=N)NC(C)=O)CC[C@H]1NC1CCCCC1. The fraction of sp³-hybridized carbons (Fsp3) is 0.667. The molecule has 3 N–H and O–H groups in total. The van der Waals surface area contributed by atoms with Crippen molar-refractivity contribution in [2.24, 2.45) is 0 Å². The number of piperidine rings is 1. The number of anilines is 1. The van der Waals surface area contributed by atoms with Gasteiger partial charge in [-0.2, -0.15) is 0 Å². The van der Waals surface area contributed by atoms with Crippen LogP contribution in [-0.4, -0.2) is 55.1 Å². The van der Waals surface area contributed by atoms with Crippen LogP contribution in [0.5, 0.6) is 0 Å². The van der Waals surface area contributed by atoms with Crippen LogP contribution in [0.15, 0.2) is 12.3 Å². The highest BCUT2D eigenvalue weighted by atomic mass is 16.5. The molecule has 28 heavy (non-hydrogen) atoms. The van der Waals surface area contributed by atoms with Crippen molar-refractivity contribution in [1.82, 2.24) is 15.6 Å². The van der Waals surface area contributed by atoms with Gasteiger partial charge in [-0.05, 0) is 37.8 Å². The lowest BCUT2D eigenvalue weighted by molar-refractivity contribution is -0.117. The third-order valence-electron chi connectivity index (χ3n) is 5.79. The van der Waals surface area contributed by atoms with Gasteiger partial charge in [-0.15, -0.1) is 0 Å². The molecule has 1 aromatic heterocycles. The Labute approximate surface area is 167 Å². The van der Waals surface area contributed by atoms with Crippen molar-refractivity contribution in [3.8, 4) is 0 Å². The van der Waals surface area contributed by atoms with E-state index in [1.54, 1.807) is 7.11 Å². The van der Waals surface area contributed by atoms with E-state index < -0.39 is 0 Å². The molecule has 3 rings (SSSR count). The summed E-state index contributed by atoms with van der Waals surface area (Å²) in [6.45, 7) is 4.93. The Morgan fingerprint density at radius 2 is 2.04 bits per heavy atom. The number of amides is 1. The van der Waals surface area contributed by atoms with Crippen molar-refractivity contribution < 1.29 is 9.53 Å². The maximum absolute atomic E-state index is 11.4. The van der Waals surface area contributed by atoms with Crippen molar-refractivity contribution in [1.29, 1.82) is 5.41 Å². The van der Waals surface area contributed by atoms with Crippen LogP contribution in [-0.2, 0) is 9.53 Å². The highest BCUT2D eigenvalue weighted by molar-refractivity contribution is 6.08. The minimum absolute atomic E-state index is 0.0709. The second kappa shape index (κ2) is 9.47. The Balaban J connectivity index is 1.73. The molecule has 7 nitrogen and oxygen atoms in total. The Bertz CT molecular complexity index is 702. The van der Waals surface area contributed by atoms with E-state index in [4.69, 9.17) is 10.1 Å². The third kappa shape index (κ3) is 5.08. The number of rotatable bonds is 5. The number of hydrogen-bond acceptors (Lipinski definition) is 6. The molecule has 0 spiro atoms. The number of methoxy groups -OCH3 is 1. The van der Waals surface area contributed by atoms with Crippen LogP contribution in [0.2, 0.25) is 0 Å². The lowest BCUT2D eigenvalue weighted by Crippen LogP contribution is -2.56. The molecular formula is C21H33N5O2. The molecule has 0 bridgehead atoms. The summed E-state index contributed by atoms with van der Waals surface area (Å²) in [4.78, 5) is 18.2. The van der Waals surface area contributed by atoms with Crippen LogP contribution in [0.3, 0.4) is 0 Å². The van der Waals surface area contributed by atoms with E-state index in [0.717, 1.165) is 30.9 Å². The van der Waals surface area contributed by atoms with Gasteiger partial charge in [0, 0.05) is 45.4 Å². The van der Waals surface area contributed by atoms with Crippen molar-refractivity contribution in [2.45, 2.75) is 70.6 Å². The first-order valence-electron chi connectivity index (χ1n) is 10.3. The van der Waals surface area contributed by atoms with E-state index in [2.05, 4.69) is 20.5 Å². The molecule has 0 unspecified atom stereocenters. The number of carbonyl (C=O) groups excluding carboxylic acids is 1. The van der Waals surface area contributed by atoms with Crippen LogP contribution >= 0.6 is 0 Å². The second-order valence-corrected chi connectivity index (χ2v) is 8.06. The number of nitrogens with one attached hydrogen (secondary N) is 3. The maximum atomic E-state index is 11.4. The maximum Gasteiger partial charge on any atom is 0.222 e. The number of nitrogens with zero attached hydrogens (tertiary/aromatic N) is 2. The smallest absolute Gasteiger partial charge is 0.222 e. The minimum atomic E-state index is -0.248. The first kappa shape index (κ1) is 20.7. The molecule has 1 aliphatic carbocycles. The summed E-state index contributed by atoms with van der Waals surface area (Å²) < 4.78 is 5.83. The van der Waals surface area contributed by atoms with E-state index in [9.17, 15) is 4.79 Å². The Morgan fingerprint density at radius 1 is 1.29 bits per heavy atom. The van der Waals surface area contributed by atoms with Gasteiger partial charge in [0.15, 0.2) is 0 Å². The first-order valence-corrected chi connectivity index (χ1v) is 10.3. The number of aromatic nitrogens is 1. The summed E-state index contributed by atoms with van der Waals surface area (Å²) in [6.07, 6.45) is 9.36. The van der Waals surface area contributed by atoms with E-state index in [0.29, 0.717) is 17.6 Å². The molecule has 0 aromatic carbocycles. The van der Waals surface area contributed by atoms with Crippen LogP contribution < -0.4 is 15.5 Å². The molecule has 1 saturated carbocycles. The Hall–Kier alpha value is -1.99. The highest BCUT2D eigenvalue weighted by Crippen LogP contribution is 2.26. The van der Waals surface area contributed by atoms with Gasteiger partial charge >= 0.3 is 0 Å². The molecule has 2 atom stereocenters. The molecule has 1 saturated heterocycles. The van der Waals surface area contributed by atoms with Gasteiger partial charge in [0.1, 0.15) is 11.7 Å². The predicted octanol–water partition coefficient (Wildman–Crippen LogP) is 2.37. The lowest BCUT2D eigenvalue weighted by atomic mass is 9.92. The average Bonchev–Trinajstić information content (AvgIpc) is 2.68. The van der Waals surface area contributed by atoms with Gasteiger partial charge < -0.3 is 20.3 Å². The van der Waals surface area contributed by atoms with Crippen molar-refractivity contribution in [2.75, 3.05) is 25.1 Å². The van der Waals surface area contributed by atoms with E-state index in [-0.39, 0.29) is 17.8 Å². The zero-order chi connectivity index (χ0) is 20.1. The number of ether oxygens (including phenoxy) is 1. The molecule has 7 heteroatoms. The fourth-order valence-corrected chi connectivity index (χ4v) is 4.35. The number of hydrogen-bond donors (Lipinski definition) is 3. The zero-order valence-electron chi connectivity index (χ0n) is 17.3. The summed E-state index contributed by atoms with van der Waals surface area (Å²) in [7, 11) is 1.77. The normalized spacial score (nSPS) is 23.5. The van der Waals surface area contributed by atoms with Crippen LogP contribution in [0.1, 0.15) is 56.6 Å². The largest absolute Gasteiger partial charge is 0.378 e. The Kier molecular flexibility index (Phi) is 7.02. The van der Waals surface area contributed by atoms with Gasteiger partial charge in [-0.3, -0.25) is 10.2 Å². The zero-order valence-corrected chi connectivity index (χ0v) is 17.3. The summed E-state index contributed by atoms with van der Waals surface area (Å²) >= 11 is 0. The minimum Gasteiger partial charge on any atom is -0.378 e. The van der Waals surface area contributed by atoms with Crippen LogP contribution in [0.4, 0.5) is 5.82 Å². The number of pyridine rings is 1. The van der Waals surface area contributed by atoms with E-state index in [1.807, 2.05) is 19.2 Å². The molecule has 1 aliphatic heterocycles. The molecule has 2 heterocycles. The van der Waals surface area contributed by atoms with Crippen molar-refractivity contribution in [3.63, 3.8) is 0 Å². The topological polar surface area (TPSA) is 90.3 Å². The quantitative estimate of drug-likeness (QED) is 0.533. The molecule has 2 aliphatic rings. The van der Waals surface area contributed by atoms with Crippen molar-refractivity contribution in [3.05, 3.63) is 23.4 Å². The summed E-state index contributed by atoms with van der Waals surface area (Å²) in [5, 5.41) is 14.7. The summed E-state index contributed by atoms with van der Waals surface area (Å²) in [5.74, 6) is 0.584. The average molecular weight is 388 g/mol. The van der Waals surface area contributed by atoms with Gasteiger partial charge in [-0.1, -0.05) is 19.3 Å². The second-order valence-electron chi connectivity index (χ2n) is 8.06. The van der Waals surface area contributed by atoms with Crippen LogP contribution in [0, 0.1) is 12.3 Å². The fourth-order valence-electron chi connectivity index (χ4n) is 4.35. The summed E-state index contributed by atoms with van der Waals surface area (Å²) in [5.41, 5.74) is 1.62. The summed E-state index contributed by atoms with van der Waals surface area (Å²) in [6, 6.07) is 2.85. The molecular weight excluding hydrogens is 354 g/mol. The van der Waals surface area contributed by atoms with Gasteiger partial charge in [0.05, 0.1) is 11.7 Å². The van der Waals surface area contributed by atoms with E-state index >= 15 is 0 Å². The molecule has 154 valence electrons. The van der Waals surface area contributed by atoms with Gasteiger partial charge in [0.2, 0.25) is 5.91 Å². The highest BCUT2D eigenvalue weighted by Gasteiger charge is 2.32.